The van der Waals surface area contributed by atoms with Crippen LogP contribution in [0.4, 0.5) is 5.69 Å². The van der Waals surface area contributed by atoms with E-state index in [0.717, 1.165) is 33.0 Å². The predicted octanol–water partition coefficient (Wildman–Crippen LogP) is 5.68. The van der Waals surface area contributed by atoms with Crippen LogP contribution in [0.1, 0.15) is 22.6 Å². The van der Waals surface area contributed by atoms with Gasteiger partial charge in [-0.05, 0) is 59.2 Å². The number of fused-ring (bicyclic) bond motifs is 7. The molecule has 0 bridgehead atoms. The molecule has 2 amide bonds. The summed E-state index contributed by atoms with van der Waals surface area (Å²) < 4.78 is 11.2. The highest BCUT2D eigenvalue weighted by molar-refractivity contribution is 6.25. The van der Waals surface area contributed by atoms with Gasteiger partial charge in [0.1, 0.15) is 11.5 Å². The summed E-state index contributed by atoms with van der Waals surface area (Å²) in [7, 11) is 1.60. The van der Waals surface area contributed by atoms with Crippen molar-refractivity contribution in [1.82, 2.24) is 0 Å². The molecule has 6 nitrogen and oxygen atoms in total. The second kappa shape index (κ2) is 8.67. The summed E-state index contributed by atoms with van der Waals surface area (Å²) in [5.74, 6) is -2.93. The summed E-state index contributed by atoms with van der Waals surface area (Å²) >= 11 is 0. The Balaban J connectivity index is 1.46. The van der Waals surface area contributed by atoms with Crippen LogP contribution in [0.15, 0.2) is 91.0 Å². The van der Waals surface area contributed by atoms with Gasteiger partial charge in [-0.25, -0.2) is 4.90 Å². The molecule has 4 aromatic rings. The summed E-state index contributed by atoms with van der Waals surface area (Å²) in [6.45, 7) is 1.95. The number of carbonyl (C=O) groups excluding carboxylic acids is 3. The zero-order chi connectivity index (χ0) is 26.8. The van der Waals surface area contributed by atoms with Crippen molar-refractivity contribution in [3.05, 3.63) is 108 Å². The van der Waals surface area contributed by atoms with Gasteiger partial charge in [0.15, 0.2) is 0 Å². The van der Waals surface area contributed by atoms with E-state index in [0.29, 0.717) is 17.2 Å². The van der Waals surface area contributed by atoms with Crippen molar-refractivity contribution in [2.75, 3.05) is 12.0 Å². The highest BCUT2D eigenvalue weighted by Crippen LogP contribution is 2.55. The molecule has 4 aromatic carbocycles. The normalized spacial score (nSPS) is 23.6. The van der Waals surface area contributed by atoms with Gasteiger partial charge in [-0.2, -0.15) is 0 Å². The predicted molar refractivity (Wildman–Crippen MR) is 147 cm³/mol. The van der Waals surface area contributed by atoms with Gasteiger partial charge >= 0.3 is 5.97 Å². The van der Waals surface area contributed by atoms with Crippen molar-refractivity contribution in [2.45, 2.75) is 12.8 Å². The van der Waals surface area contributed by atoms with E-state index in [4.69, 9.17) is 9.47 Å². The number of rotatable bonds is 3. The molecule has 4 atom stereocenters. The molecule has 1 saturated heterocycles. The van der Waals surface area contributed by atoms with Crippen molar-refractivity contribution >= 4 is 39.8 Å². The first-order valence-corrected chi connectivity index (χ1v) is 13.0. The number of ether oxygens (including phenoxy) is 2. The molecule has 0 aromatic heterocycles. The lowest BCUT2D eigenvalue weighted by Crippen LogP contribution is -2.42. The van der Waals surface area contributed by atoms with Crippen LogP contribution in [0, 0.1) is 24.7 Å². The number of esters is 1. The minimum Gasteiger partial charge on any atom is -0.497 e. The van der Waals surface area contributed by atoms with Crippen molar-refractivity contribution < 1.29 is 23.9 Å². The molecular formula is C33H25NO5. The second-order valence-corrected chi connectivity index (χ2v) is 10.4. The number of imide groups is 1. The topological polar surface area (TPSA) is 72.9 Å². The van der Waals surface area contributed by atoms with Crippen LogP contribution in [0.25, 0.3) is 16.3 Å². The number of carbonyl (C=O) groups is 3. The monoisotopic (exact) mass is 515 g/mol. The molecule has 2 heterocycles. The minimum atomic E-state index is -0.884. The minimum absolute atomic E-state index is 0.304. The molecule has 0 radical (unpaired) electrons. The molecular weight excluding hydrogens is 490 g/mol. The van der Waals surface area contributed by atoms with Gasteiger partial charge in [-0.1, -0.05) is 66.2 Å². The average molecular weight is 516 g/mol. The first-order chi connectivity index (χ1) is 19.0. The van der Waals surface area contributed by atoms with Gasteiger partial charge in [0.25, 0.3) is 0 Å². The Labute approximate surface area is 225 Å². The smallest absolute Gasteiger partial charge is 0.319 e. The van der Waals surface area contributed by atoms with Crippen LogP contribution in [-0.4, -0.2) is 24.9 Å². The zero-order valence-corrected chi connectivity index (χ0v) is 21.5. The quantitative estimate of drug-likeness (QED) is 0.199. The molecule has 0 unspecified atom stereocenters. The number of allylic oxidation sites excluding steroid dienone is 1. The number of hydrogen-bond donors (Lipinski definition) is 0. The van der Waals surface area contributed by atoms with Crippen molar-refractivity contribution in [3.8, 4) is 11.5 Å². The summed E-state index contributed by atoms with van der Waals surface area (Å²) in [4.78, 5) is 43.1. The Morgan fingerprint density at radius 2 is 1.51 bits per heavy atom. The molecule has 192 valence electrons. The molecule has 1 fully saturated rings. The number of methoxy groups -OCH3 is 1. The van der Waals surface area contributed by atoms with E-state index in [2.05, 4.69) is 0 Å². The van der Waals surface area contributed by atoms with E-state index in [1.165, 1.54) is 4.90 Å². The molecule has 0 N–H and O–H groups in total. The van der Waals surface area contributed by atoms with E-state index in [9.17, 15) is 14.4 Å². The van der Waals surface area contributed by atoms with E-state index in [-0.39, 0.29) is 11.8 Å². The third-order valence-electron chi connectivity index (χ3n) is 8.27. The van der Waals surface area contributed by atoms with E-state index in [1.807, 2.05) is 79.7 Å². The molecule has 7 rings (SSSR count). The van der Waals surface area contributed by atoms with Gasteiger partial charge in [-0.3, -0.25) is 14.4 Å². The number of amides is 2. The van der Waals surface area contributed by atoms with Gasteiger partial charge in [-0.15, -0.1) is 0 Å². The van der Waals surface area contributed by atoms with Gasteiger partial charge in [0, 0.05) is 11.5 Å². The summed E-state index contributed by atoms with van der Waals surface area (Å²) in [5.41, 5.74) is 3.96. The lowest BCUT2D eigenvalue weighted by atomic mass is 9.64. The van der Waals surface area contributed by atoms with Crippen LogP contribution in [-0.2, 0) is 14.4 Å². The standard InChI is InChI=1S/C33H25NO5/c1-18-7-12-21(13-8-18)34-31(35)28-24(20-9-14-22(38-2)15-10-20)17-25-27-23-6-4-3-5-19(23)11-16-26(27)39-33(37)29(25)30(28)32(34)36/h3-17,24,28-30H,1-2H3/t24-,28-,29-,30+/m0/s1. The number of anilines is 1. The maximum atomic E-state index is 14.1. The van der Waals surface area contributed by atoms with E-state index in [1.54, 1.807) is 25.3 Å². The maximum Gasteiger partial charge on any atom is 0.319 e. The second-order valence-electron chi connectivity index (χ2n) is 10.4. The van der Waals surface area contributed by atoms with Crippen LogP contribution in [0.3, 0.4) is 0 Å². The lowest BCUT2D eigenvalue weighted by molar-refractivity contribution is -0.142. The Hall–Kier alpha value is -4.71. The summed E-state index contributed by atoms with van der Waals surface area (Å²) in [5, 5.41) is 1.95. The lowest BCUT2D eigenvalue weighted by Gasteiger charge is -2.38. The Kier molecular flexibility index (Phi) is 5.20. The number of hydrogen-bond acceptors (Lipinski definition) is 5. The van der Waals surface area contributed by atoms with E-state index >= 15 is 0 Å². The number of aryl methyl sites for hydroxylation is 1. The maximum absolute atomic E-state index is 14.1. The molecule has 2 aliphatic heterocycles. The largest absolute Gasteiger partial charge is 0.497 e. The van der Waals surface area contributed by atoms with Crippen LogP contribution >= 0.6 is 0 Å². The van der Waals surface area contributed by atoms with Crippen molar-refractivity contribution in [2.24, 2.45) is 17.8 Å². The fourth-order valence-corrected chi connectivity index (χ4v) is 6.43. The fraction of sp³-hybridized carbons (Fsp3) is 0.182. The highest BCUT2D eigenvalue weighted by Gasteiger charge is 2.60. The van der Waals surface area contributed by atoms with Gasteiger partial charge in [0.05, 0.1) is 30.6 Å². The highest BCUT2D eigenvalue weighted by atomic mass is 16.5. The molecule has 3 aliphatic rings. The molecule has 0 spiro atoms. The summed E-state index contributed by atoms with van der Waals surface area (Å²) in [6.07, 6.45) is 2.02. The van der Waals surface area contributed by atoms with Crippen molar-refractivity contribution in [1.29, 1.82) is 0 Å². The first-order valence-electron chi connectivity index (χ1n) is 13.0. The molecule has 1 aliphatic carbocycles. The van der Waals surface area contributed by atoms with E-state index < -0.39 is 29.6 Å². The molecule has 6 heteroatoms. The SMILES string of the molecule is COc1ccc([C@@H]2C=C3c4c(ccc5ccccc45)OC(=O)[C@@H]3[C@@H]3C(=O)N(c4ccc(C)cc4)C(=O)[C@H]32)cc1. The number of benzene rings is 4. The van der Waals surface area contributed by atoms with Crippen LogP contribution in [0.5, 0.6) is 11.5 Å². The molecule has 0 saturated carbocycles. The first kappa shape index (κ1) is 23.4. The van der Waals surface area contributed by atoms with Gasteiger partial charge < -0.3 is 9.47 Å². The van der Waals surface area contributed by atoms with Crippen molar-refractivity contribution in [3.63, 3.8) is 0 Å². The zero-order valence-electron chi connectivity index (χ0n) is 21.5. The van der Waals surface area contributed by atoms with Crippen LogP contribution in [0.2, 0.25) is 0 Å². The Morgan fingerprint density at radius 3 is 2.26 bits per heavy atom. The third kappa shape index (κ3) is 3.44. The third-order valence-corrected chi connectivity index (χ3v) is 8.27. The fourth-order valence-electron chi connectivity index (χ4n) is 6.43. The Bertz CT molecular complexity index is 1700. The van der Waals surface area contributed by atoms with Crippen LogP contribution < -0.4 is 14.4 Å². The Morgan fingerprint density at radius 1 is 0.795 bits per heavy atom. The molecule has 39 heavy (non-hydrogen) atoms. The average Bonchev–Trinajstić information content (AvgIpc) is 3.22. The summed E-state index contributed by atoms with van der Waals surface area (Å²) in [6, 6.07) is 26.5. The number of nitrogens with zero attached hydrogens (tertiary/aromatic N) is 1. The van der Waals surface area contributed by atoms with Gasteiger partial charge in [0.2, 0.25) is 11.8 Å².